The Labute approximate surface area is 132 Å². The van der Waals surface area contributed by atoms with Crippen molar-refractivity contribution in [2.75, 3.05) is 19.0 Å². The van der Waals surface area contributed by atoms with E-state index in [0.717, 1.165) is 22.8 Å². The highest BCUT2D eigenvalue weighted by molar-refractivity contribution is 7.09. The van der Waals surface area contributed by atoms with Crippen LogP contribution in [0.5, 0.6) is 5.75 Å². The van der Waals surface area contributed by atoms with Gasteiger partial charge in [-0.25, -0.2) is 4.98 Å². The summed E-state index contributed by atoms with van der Waals surface area (Å²) in [6.45, 7) is 2.58. The third kappa shape index (κ3) is 4.61. The lowest BCUT2D eigenvalue weighted by Crippen LogP contribution is -2.23. The Morgan fingerprint density at radius 1 is 1.52 bits per heavy atom. The zero-order chi connectivity index (χ0) is 15.2. The van der Waals surface area contributed by atoms with Gasteiger partial charge in [-0.15, -0.1) is 11.3 Å². The third-order valence-corrected chi connectivity index (χ3v) is 3.86. The molecule has 0 aliphatic rings. The van der Waals surface area contributed by atoms with E-state index < -0.39 is 0 Å². The fourth-order valence-corrected chi connectivity index (χ4v) is 2.65. The largest absolute Gasteiger partial charge is 0.495 e. The molecule has 21 heavy (non-hydrogen) atoms. The topological polar surface area (TPSA) is 72.5 Å². The van der Waals surface area contributed by atoms with E-state index in [9.17, 15) is 0 Å². The zero-order valence-electron chi connectivity index (χ0n) is 11.9. The smallest absolute Gasteiger partial charge is 0.193 e. The molecule has 112 valence electrons. The van der Waals surface area contributed by atoms with Gasteiger partial charge in [-0.3, -0.25) is 4.99 Å². The van der Waals surface area contributed by atoms with Crippen LogP contribution in [-0.2, 0) is 6.42 Å². The van der Waals surface area contributed by atoms with Crippen LogP contribution in [0.1, 0.15) is 10.7 Å². The Hall–Kier alpha value is -1.79. The fraction of sp³-hybridized carbons (Fsp3) is 0.286. The number of nitrogens with two attached hydrogens (primary N) is 1. The van der Waals surface area contributed by atoms with Crippen LogP contribution in [0.25, 0.3) is 0 Å². The SMILES string of the molecule is COc1ccc(NC(N)=NCCc2csc(C)n2)cc1Cl. The van der Waals surface area contributed by atoms with Crippen molar-refractivity contribution in [1.82, 2.24) is 4.98 Å². The lowest BCUT2D eigenvalue weighted by Gasteiger charge is -2.08. The molecular weight excluding hydrogens is 308 g/mol. The predicted molar refractivity (Wildman–Crippen MR) is 88.7 cm³/mol. The van der Waals surface area contributed by atoms with Crippen LogP contribution < -0.4 is 15.8 Å². The maximum Gasteiger partial charge on any atom is 0.193 e. The van der Waals surface area contributed by atoms with E-state index in [-0.39, 0.29) is 0 Å². The third-order valence-electron chi connectivity index (χ3n) is 2.74. The number of methoxy groups -OCH3 is 1. The average Bonchev–Trinajstić information content (AvgIpc) is 2.84. The van der Waals surface area contributed by atoms with Gasteiger partial charge in [-0.1, -0.05) is 11.6 Å². The minimum absolute atomic E-state index is 0.350. The van der Waals surface area contributed by atoms with Crippen LogP contribution in [0.3, 0.4) is 0 Å². The quantitative estimate of drug-likeness (QED) is 0.655. The van der Waals surface area contributed by atoms with E-state index in [0.29, 0.717) is 23.3 Å². The Morgan fingerprint density at radius 3 is 2.95 bits per heavy atom. The highest BCUT2D eigenvalue weighted by Crippen LogP contribution is 2.26. The molecule has 0 fully saturated rings. The van der Waals surface area contributed by atoms with Gasteiger partial charge in [0.15, 0.2) is 5.96 Å². The maximum atomic E-state index is 6.05. The summed E-state index contributed by atoms with van der Waals surface area (Å²) in [4.78, 5) is 8.65. The first kappa shape index (κ1) is 15.6. The first-order valence-corrected chi connectivity index (χ1v) is 7.65. The molecule has 2 rings (SSSR count). The van der Waals surface area contributed by atoms with Gasteiger partial charge in [0.2, 0.25) is 0 Å². The van der Waals surface area contributed by atoms with Gasteiger partial charge in [-0.2, -0.15) is 0 Å². The standard InChI is InChI=1S/C14H17ClN4OS/c1-9-18-11(8-21-9)5-6-17-14(16)19-10-3-4-13(20-2)12(15)7-10/h3-4,7-8H,5-6H2,1-2H3,(H3,16,17,19). The van der Waals surface area contributed by atoms with E-state index in [2.05, 4.69) is 15.3 Å². The second-order valence-corrected chi connectivity index (χ2v) is 5.82. The molecule has 2 aromatic rings. The Kier molecular flexibility index (Phi) is 5.41. The van der Waals surface area contributed by atoms with Gasteiger partial charge < -0.3 is 15.8 Å². The monoisotopic (exact) mass is 324 g/mol. The molecule has 5 nitrogen and oxygen atoms in total. The van der Waals surface area contributed by atoms with Crippen LogP contribution in [0, 0.1) is 6.92 Å². The van der Waals surface area contributed by atoms with Crippen molar-refractivity contribution >= 4 is 34.6 Å². The van der Waals surface area contributed by atoms with Crippen LogP contribution in [0.4, 0.5) is 5.69 Å². The molecule has 0 unspecified atom stereocenters. The molecule has 0 spiro atoms. The summed E-state index contributed by atoms with van der Waals surface area (Å²) in [5.41, 5.74) is 7.66. The molecule has 0 amide bonds. The molecule has 0 radical (unpaired) electrons. The van der Waals surface area contributed by atoms with Gasteiger partial charge >= 0.3 is 0 Å². The maximum absolute atomic E-state index is 6.05. The number of hydrogen-bond acceptors (Lipinski definition) is 4. The molecule has 0 aliphatic carbocycles. The van der Waals surface area contributed by atoms with Crippen LogP contribution in [0.2, 0.25) is 5.02 Å². The lowest BCUT2D eigenvalue weighted by atomic mass is 10.3. The second-order valence-electron chi connectivity index (χ2n) is 4.35. The van der Waals surface area contributed by atoms with E-state index in [1.54, 1.807) is 30.6 Å². The Bertz CT molecular complexity index is 642. The average molecular weight is 325 g/mol. The van der Waals surface area contributed by atoms with Crippen molar-refractivity contribution in [3.63, 3.8) is 0 Å². The molecule has 1 heterocycles. The number of anilines is 1. The molecule has 3 N–H and O–H groups in total. The first-order chi connectivity index (χ1) is 10.1. The molecule has 1 aromatic heterocycles. The van der Waals surface area contributed by atoms with Gasteiger partial charge in [0, 0.05) is 24.0 Å². The second kappa shape index (κ2) is 7.28. The van der Waals surface area contributed by atoms with Crippen LogP contribution in [-0.4, -0.2) is 24.6 Å². The molecule has 0 saturated carbocycles. The number of aromatic nitrogens is 1. The van der Waals surface area contributed by atoms with E-state index in [4.69, 9.17) is 22.1 Å². The number of thiazole rings is 1. The van der Waals surface area contributed by atoms with Crippen LogP contribution >= 0.6 is 22.9 Å². The Morgan fingerprint density at radius 2 is 2.33 bits per heavy atom. The molecule has 0 aliphatic heterocycles. The van der Waals surface area contributed by atoms with Crippen molar-refractivity contribution in [2.45, 2.75) is 13.3 Å². The predicted octanol–water partition coefficient (Wildman–Crippen LogP) is 3.08. The minimum atomic E-state index is 0.350. The summed E-state index contributed by atoms with van der Waals surface area (Å²) in [5, 5.41) is 6.62. The fourth-order valence-electron chi connectivity index (χ4n) is 1.75. The molecule has 0 saturated heterocycles. The number of nitrogens with one attached hydrogen (secondary N) is 1. The number of halogens is 1. The van der Waals surface area contributed by atoms with Crippen molar-refractivity contribution in [3.05, 3.63) is 39.3 Å². The van der Waals surface area contributed by atoms with Gasteiger partial charge in [0.1, 0.15) is 5.75 Å². The molecule has 0 bridgehead atoms. The van der Waals surface area contributed by atoms with E-state index >= 15 is 0 Å². The molecular formula is C14H17ClN4OS. The summed E-state index contributed by atoms with van der Waals surface area (Å²) < 4.78 is 5.09. The molecule has 1 aromatic carbocycles. The number of guanidine groups is 1. The molecule has 7 heteroatoms. The number of benzene rings is 1. The number of hydrogen-bond donors (Lipinski definition) is 2. The zero-order valence-corrected chi connectivity index (χ0v) is 13.5. The highest BCUT2D eigenvalue weighted by atomic mass is 35.5. The Balaban J connectivity index is 1.89. The summed E-state index contributed by atoms with van der Waals surface area (Å²) in [5.74, 6) is 0.972. The normalized spacial score (nSPS) is 11.5. The number of aliphatic imine (C=N–C) groups is 1. The highest BCUT2D eigenvalue weighted by Gasteiger charge is 2.03. The summed E-state index contributed by atoms with van der Waals surface area (Å²) >= 11 is 7.68. The van der Waals surface area contributed by atoms with Crippen LogP contribution in [0.15, 0.2) is 28.6 Å². The van der Waals surface area contributed by atoms with Crippen molar-refractivity contribution in [3.8, 4) is 5.75 Å². The van der Waals surface area contributed by atoms with Crippen molar-refractivity contribution in [1.29, 1.82) is 0 Å². The van der Waals surface area contributed by atoms with E-state index in [1.165, 1.54) is 0 Å². The molecule has 0 atom stereocenters. The van der Waals surface area contributed by atoms with Gasteiger partial charge in [0.25, 0.3) is 0 Å². The number of rotatable bonds is 5. The number of aryl methyl sites for hydroxylation is 1. The first-order valence-electron chi connectivity index (χ1n) is 6.40. The number of ether oxygens (including phenoxy) is 1. The minimum Gasteiger partial charge on any atom is -0.495 e. The van der Waals surface area contributed by atoms with Crippen molar-refractivity contribution in [2.24, 2.45) is 10.7 Å². The van der Waals surface area contributed by atoms with Crippen molar-refractivity contribution < 1.29 is 4.74 Å². The van der Waals surface area contributed by atoms with E-state index in [1.807, 2.05) is 18.4 Å². The number of nitrogens with zero attached hydrogens (tertiary/aromatic N) is 2. The van der Waals surface area contributed by atoms with Gasteiger partial charge in [-0.05, 0) is 25.1 Å². The summed E-state index contributed by atoms with van der Waals surface area (Å²) in [7, 11) is 1.57. The van der Waals surface area contributed by atoms with Gasteiger partial charge in [0.05, 0.1) is 22.8 Å². The summed E-state index contributed by atoms with van der Waals surface area (Å²) in [6.07, 6.45) is 0.774. The lowest BCUT2D eigenvalue weighted by molar-refractivity contribution is 0.415. The summed E-state index contributed by atoms with van der Waals surface area (Å²) in [6, 6.07) is 5.35.